The Balaban J connectivity index is 1.55. The quantitative estimate of drug-likeness (QED) is 0.758. The highest BCUT2D eigenvalue weighted by Crippen LogP contribution is 2.24. The molecule has 1 aliphatic carbocycles. The highest BCUT2D eigenvalue weighted by Gasteiger charge is 2.33. The van der Waals surface area contributed by atoms with Crippen LogP contribution in [0.15, 0.2) is 29.2 Å². The van der Waals surface area contributed by atoms with Crippen LogP contribution in [0.2, 0.25) is 0 Å². The lowest BCUT2D eigenvalue weighted by atomic mass is 9.86. The second kappa shape index (κ2) is 9.45. The Bertz CT molecular complexity index is 789. The third-order valence-electron chi connectivity index (χ3n) is 6.34. The Morgan fingerprint density at radius 2 is 1.72 bits per heavy atom. The van der Waals surface area contributed by atoms with Gasteiger partial charge in [-0.05, 0) is 49.9 Å². The van der Waals surface area contributed by atoms with Gasteiger partial charge in [0.25, 0.3) is 0 Å². The molecule has 3 atom stereocenters. The van der Waals surface area contributed by atoms with Gasteiger partial charge in [-0.15, -0.1) is 0 Å². The summed E-state index contributed by atoms with van der Waals surface area (Å²) in [4.78, 5) is 15.1. The molecule has 1 aromatic rings. The standard InChI is InChI=1S/C21H33N3O4S/c1-16-6-4-5-7-20(16)22-21(25)17(2)23-12-14-24(15-13-23)29(26,27)19-10-8-18(28-3)9-11-19/h8-11,16-17,20H,4-7,12-15H2,1-3H3,(H,22,25)/t16-,17+,20+/m0/s1. The molecule has 0 spiro atoms. The van der Waals surface area contributed by atoms with Gasteiger partial charge >= 0.3 is 0 Å². The van der Waals surface area contributed by atoms with E-state index in [0.29, 0.717) is 37.8 Å². The van der Waals surface area contributed by atoms with Crippen LogP contribution in [0.5, 0.6) is 5.75 Å². The number of nitrogens with one attached hydrogen (secondary N) is 1. The molecule has 2 fully saturated rings. The van der Waals surface area contributed by atoms with Gasteiger partial charge in [-0.1, -0.05) is 19.8 Å². The second-order valence-corrected chi connectivity index (χ2v) is 10.1. The second-order valence-electron chi connectivity index (χ2n) is 8.17. The number of benzene rings is 1. The zero-order valence-electron chi connectivity index (χ0n) is 17.6. The summed E-state index contributed by atoms with van der Waals surface area (Å²) < 4.78 is 32.4. The molecule has 0 unspecified atom stereocenters. The molecule has 29 heavy (non-hydrogen) atoms. The van der Waals surface area contributed by atoms with Crippen LogP contribution >= 0.6 is 0 Å². The third-order valence-corrected chi connectivity index (χ3v) is 8.25. The highest BCUT2D eigenvalue weighted by atomic mass is 32.2. The number of hydrogen-bond donors (Lipinski definition) is 1. The number of amides is 1. The molecule has 1 saturated carbocycles. The molecule has 0 aromatic heterocycles. The van der Waals surface area contributed by atoms with E-state index in [4.69, 9.17) is 4.74 Å². The van der Waals surface area contributed by atoms with E-state index in [9.17, 15) is 13.2 Å². The van der Waals surface area contributed by atoms with Crippen molar-refractivity contribution in [1.82, 2.24) is 14.5 Å². The van der Waals surface area contributed by atoms with Crippen LogP contribution in [0.1, 0.15) is 39.5 Å². The van der Waals surface area contributed by atoms with Crippen LogP contribution in [0.3, 0.4) is 0 Å². The number of nitrogens with zero attached hydrogens (tertiary/aromatic N) is 2. The van der Waals surface area contributed by atoms with Crippen LogP contribution in [0.4, 0.5) is 0 Å². The largest absolute Gasteiger partial charge is 0.497 e. The predicted molar refractivity (Wildman–Crippen MR) is 112 cm³/mol. The van der Waals surface area contributed by atoms with Crippen molar-refractivity contribution in [1.29, 1.82) is 0 Å². The van der Waals surface area contributed by atoms with Crippen LogP contribution < -0.4 is 10.1 Å². The molecule has 162 valence electrons. The number of ether oxygens (including phenoxy) is 1. The van der Waals surface area contributed by atoms with Gasteiger partial charge < -0.3 is 10.1 Å². The molecule has 0 bridgehead atoms. The Kier molecular flexibility index (Phi) is 7.19. The Morgan fingerprint density at radius 1 is 1.10 bits per heavy atom. The summed E-state index contributed by atoms with van der Waals surface area (Å²) in [5.74, 6) is 1.20. The molecule has 0 radical (unpaired) electrons. The van der Waals surface area contributed by atoms with Crippen molar-refractivity contribution >= 4 is 15.9 Å². The maximum atomic E-state index is 12.9. The molecule has 1 heterocycles. The number of piperazine rings is 1. The maximum absolute atomic E-state index is 12.9. The first-order valence-electron chi connectivity index (χ1n) is 10.5. The Hall–Kier alpha value is -1.64. The first kappa shape index (κ1) is 22.1. The van der Waals surface area contributed by atoms with Gasteiger partial charge in [-0.3, -0.25) is 9.69 Å². The fraction of sp³-hybridized carbons (Fsp3) is 0.667. The number of hydrogen-bond acceptors (Lipinski definition) is 5. The van der Waals surface area contributed by atoms with Gasteiger partial charge in [0.05, 0.1) is 18.0 Å². The number of sulfonamides is 1. The van der Waals surface area contributed by atoms with Gasteiger partial charge in [0.2, 0.25) is 15.9 Å². The van der Waals surface area contributed by atoms with E-state index in [1.165, 1.54) is 23.6 Å². The zero-order chi connectivity index (χ0) is 21.0. The summed E-state index contributed by atoms with van der Waals surface area (Å²) in [6.07, 6.45) is 4.63. The van der Waals surface area contributed by atoms with Gasteiger partial charge in [0.15, 0.2) is 0 Å². The first-order valence-corrected chi connectivity index (χ1v) is 12.0. The topological polar surface area (TPSA) is 79.0 Å². The van der Waals surface area contributed by atoms with Crippen LogP contribution in [0, 0.1) is 5.92 Å². The third kappa shape index (κ3) is 5.10. The lowest BCUT2D eigenvalue weighted by Crippen LogP contribution is -2.56. The number of carbonyl (C=O) groups is 1. The Labute approximate surface area is 174 Å². The predicted octanol–water partition coefficient (Wildman–Crippen LogP) is 2.08. The lowest BCUT2D eigenvalue weighted by molar-refractivity contribution is -0.127. The van der Waals surface area contributed by atoms with E-state index in [1.807, 2.05) is 6.92 Å². The number of carbonyl (C=O) groups excluding carboxylic acids is 1. The van der Waals surface area contributed by atoms with E-state index >= 15 is 0 Å². The number of rotatable bonds is 6. The monoisotopic (exact) mass is 423 g/mol. The molecule has 1 aromatic carbocycles. The van der Waals surface area contributed by atoms with Crippen molar-refractivity contribution in [2.24, 2.45) is 5.92 Å². The van der Waals surface area contributed by atoms with Gasteiger partial charge in [0.1, 0.15) is 5.75 Å². The minimum absolute atomic E-state index is 0.0511. The molecule has 1 saturated heterocycles. The summed E-state index contributed by atoms with van der Waals surface area (Å²) >= 11 is 0. The average Bonchev–Trinajstić information content (AvgIpc) is 2.75. The van der Waals surface area contributed by atoms with Gasteiger partial charge in [-0.2, -0.15) is 4.31 Å². The van der Waals surface area contributed by atoms with Crippen molar-refractivity contribution in [3.05, 3.63) is 24.3 Å². The van der Waals surface area contributed by atoms with E-state index in [1.54, 1.807) is 31.4 Å². The summed E-state index contributed by atoms with van der Waals surface area (Å²) in [6, 6.07) is 6.46. The SMILES string of the molecule is COc1ccc(S(=O)(=O)N2CCN([C@H](C)C(=O)N[C@@H]3CCCC[C@@H]3C)CC2)cc1. The molecule has 2 aliphatic rings. The van der Waals surface area contributed by atoms with Gasteiger partial charge in [0, 0.05) is 32.2 Å². The molecule has 1 N–H and O–H groups in total. The lowest BCUT2D eigenvalue weighted by Gasteiger charge is -2.38. The van der Waals surface area contributed by atoms with Crippen molar-refractivity contribution in [3.8, 4) is 5.75 Å². The summed E-state index contributed by atoms with van der Waals surface area (Å²) in [5, 5.41) is 3.22. The Morgan fingerprint density at radius 3 is 2.31 bits per heavy atom. The molecular weight excluding hydrogens is 390 g/mol. The summed E-state index contributed by atoms with van der Waals surface area (Å²) in [6.45, 7) is 5.97. The van der Waals surface area contributed by atoms with Crippen molar-refractivity contribution in [3.63, 3.8) is 0 Å². The smallest absolute Gasteiger partial charge is 0.243 e. The first-order chi connectivity index (χ1) is 13.8. The number of methoxy groups -OCH3 is 1. The van der Waals surface area contributed by atoms with Crippen LogP contribution in [0.25, 0.3) is 0 Å². The molecule has 1 aliphatic heterocycles. The zero-order valence-corrected chi connectivity index (χ0v) is 18.5. The van der Waals surface area contributed by atoms with E-state index < -0.39 is 10.0 Å². The average molecular weight is 424 g/mol. The molecule has 8 heteroatoms. The van der Waals surface area contributed by atoms with Crippen LogP contribution in [-0.4, -0.2) is 68.9 Å². The molecule has 3 rings (SSSR count). The molecule has 1 amide bonds. The van der Waals surface area contributed by atoms with E-state index in [0.717, 1.165) is 6.42 Å². The minimum Gasteiger partial charge on any atom is -0.497 e. The van der Waals surface area contributed by atoms with Gasteiger partial charge in [-0.25, -0.2) is 8.42 Å². The minimum atomic E-state index is -3.54. The summed E-state index contributed by atoms with van der Waals surface area (Å²) in [5.41, 5.74) is 0. The highest BCUT2D eigenvalue weighted by molar-refractivity contribution is 7.89. The summed E-state index contributed by atoms with van der Waals surface area (Å²) in [7, 11) is -1.99. The van der Waals surface area contributed by atoms with Crippen molar-refractivity contribution < 1.29 is 17.9 Å². The van der Waals surface area contributed by atoms with Crippen molar-refractivity contribution in [2.75, 3.05) is 33.3 Å². The fourth-order valence-electron chi connectivity index (χ4n) is 4.23. The normalized spacial score (nSPS) is 25.3. The van der Waals surface area contributed by atoms with E-state index in [-0.39, 0.29) is 22.9 Å². The van der Waals surface area contributed by atoms with Crippen LogP contribution in [-0.2, 0) is 14.8 Å². The molecular formula is C21H33N3O4S. The fourth-order valence-corrected chi connectivity index (χ4v) is 5.65. The van der Waals surface area contributed by atoms with E-state index in [2.05, 4.69) is 17.1 Å². The molecule has 7 nitrogen and oxygen atoms in total. The van der Waals surface area contributed by atoms with Crippen molar-refractivity contribution in [2.45, 2.75) is 56.5 Å². The maximum Gasteiger partial charge on any atom is 0.243 e.